The first-order valence-corrected chi connectivity index (χ1v) is 5.72. The number of rotatable bonds is 3. The maximum Gasteiger partial charge on any atom is 0.225 e. The van der Waals surface area contributed by atoms with Crippen LogP contribution < -0.4 is 5.32 Å². The van der Waals surface area contributed by atoms with Gasteiger partial charge in [-0.1, -0.05) is 27.5 Å². The Bertz CT molecular complexity index is 414. The number of hydrogen-bond donors (Lipinski definition) is 1. The number of amides is 1. The van der Waals surface area contributed by atoms with Crippen LogP contribution in [0.3, 0.4) is 0 Å². The Kier molecular flexibility index (Phi) is 4.60. The molecule has 0 radical (unpaired) electrons. The summed E-state index contributed by atoms with van der Waals surface area (Å²) < 4.78 is 0. The Hall–Kier alpha value is -1.05. The number of nitriles is 1. The van der Waals surface area contributed by atoms with Gasteiger partial charge in [0.2, 0.25) is 5.91 Å². The van der Waals surface area contributed by atoms with Gasteiger partial charge in [0.1, 0.15) is 6.07 Å². The Morgan fingerprint density at radius 2 is 2.33 bits per heavy atom. The number of halogens is 2. The predicted molar refractivity (Wildman–Crippen MR) is 63.2 cm³/mol. The fraction of sp³-hybridized carbons (Fsp3) is 0.200. The van der Waals surface area contributed by atoms with Gasteiger partial charge in [0.05, 0.1) is 10.6 Å². The minimum absolute atomic E-state index is 0.0990. The van der Waals surface area contributed by atoms with E-state index in [0.29, 0.717) is 28.0 Å². The smallest absolute Gasteiger partial charge is 0.225 e. The van der Waals surface area contributed by atoms with Crippen molar-refractivity contribution in [1.82, 2.24) is 0 Å². The lowest BCUT2D eigenvalue weighted by Crippen LogP contribution is -2.11. The maximum absolute atomic E-state index is 11.2. The summed E-state index contributed by atoms with van der Waals surface area (Å²) in [5.41, 5.74) is 0.940. The normalized spacial score (nSPS) is 9.40. The topological polar surface area (TPSA) is 52.9 Å². The molecule has 0 saturated heterocycles. The summed E-state index contributed by atoms with van der Waals surface area (Å²) in [7, 11) is 0. The largest absolute Gasteiger partial charge is 0.326 e. The number of carbonyl (C=O) groups is 1. The standard InChI is InChI=1S/C10H8BrClN2O/c11-4-3-10(15)14-8-1-2-9(12)7(5-8)6-13/h1-2,5H,3-4H2,(H,14,15). The summed E-state index contributed by atoms with van der Waals surface area (Å²) in [5, 5.41) is 12.4. The molecule has 0 unspecified atom stereocenters. The van der Waals surface area contributed by atoms with Crippen LogP contribution in [0.1, 0.15) is 12.0 Å². The average Bonchev–Trinajstić information content (AvgIpc) is 2.21. The third kappa shape index (κ3) is 3.54. The van der Waals surface area contributed by atoms with E-state index in [2.05, 4.69) is 21.2 Å². The van der Waals surface area contributed by atoms with Crippen molar-refractivity contribution in [3.8, 4) is 6.07 Å². The molecule has 3 nitrogen and oxygen atoms in total. The molecule has 0 aliphatic carbocycles. The Labute approximate surface area is 101 Å². The van der Waals surface area contributed by atoms with Crippen molar-refractivity contribution in [3.63, 3.8) is 0 Å². The molecule has 0 fully saturated rings. The number of benzene rings is 1. The second-order valence-electron chi connectivity index (χ2n) is 2.79. The molecule has 78 valence electrons. The van der Waals surface area contributed by atoms with Gasteiger partial charge in [-0.25, -0.2) is 0 Å². The number of anilines is 1. The first-order chi connectivity index (χ1) is 7.17. The number of hydrogen-bond acceptors (Lipinski definition) is 2. The van der Waals surface area contributed by atoms with Crippen LogP contribution in [-0.4, -0.2) is 11.2 Å². The molecule has 0 atom stereocenters. The first kappa shape index (κ1) is 12.0. The number of nitrogens with zero attached hydrogens (tertiary/aromatic N) is 1. The van der Waals surface area contributed by atoms with Crippen LogP contribution in [-0.2, 0) is 4.79 Å². The number of carbonyl (C=O) groups excluding carboxylic acids is 1. The van der Waals surface area contributed by atoms with Crippen LogP contribution in [0.4, 0.5) is 5.69 Å². The van der Waals surface area contributed by atoms with Crippen LogP contribution in [0, 0.1) is 11.3 Å². The van der Waals surface area contributed by atoms with Gasteiger partial charge in [-0.15, -0.1) is 0 Å². The summed E-state index contributed by atoms with van der Waals surface area (Å²) in [6, 6.07) is 6.75. The van der Waals surface area contributed by atoms with Crippen LogP contribution in [0.15, 0.2) is 18.2 Å². The molecule has 1 aromatic carbocycles. The van der Waals surface area contributed by atoms with Crippen molar-refractivity contribution in [1.29, 1.82) is 5.26 Å². The molecule has 0 heterocycles. The molecule has 0 bridgehead atoms. The zero-order chi connectivity index (χ0) is 11.3. The summed E-state index contributed by atoms with van der Waals surface area (Å²) in [4.78, 5) is 11.2. The van der Waals surface area contributed by atoms with Gasteiger partial charge in [-0.3, -0.25) is 4.79 Å². The van der Waals surface area contributed by atoms with Crippen LogP contribution in [0.2, 0.25) is 5.02 Å². The molecule has 1 amide bonds. The second kappa shape index (κ2) is 5.74. The van der Waals surface area contributed by atoms with E-state index in [1.54, 1.807) is 18.2 Å². The van der Waals surface area contributed by atoms with E-state index in [0.717, 1.165) is 0 Å². The lowest BCUT2D eigenvalue weighted by atomic mass is 10.2. The third-order valence-corrected chi connectivity index (χ3v) is 2.42. The molecule has 1 rings (SSSR count). The second-order valence-corrected chi connectivity index (χ2v) is 3.99. The number of nitrogens with one attached hydrogen (secondary N) is 1. The Morgan fingerprint density at radius 1 is 1.60 bits per heavy atom. The molecule has 5 heteroatoms. The molecule has 15 heavy (non-hydrogen) atoms. The lowest BCUT2D eigenvalue weighted by molar-refractivity contribution is -0.115. The molecular formula is C10H8BrClN2O. The molecule has 1 N–H and O–H groups in total. The van der Waals surface area contributed by atoms with Crippen LogP contribution >= 0.6 is 27.5 Å². The summed E-state index contributed by atoms with van der Waals surface area (Å²) in [5.74, 6) is -0.0990. The highest BCUT2D eigenvalue weighted by Crippen LogP contribution is 2.19. The zero-order valence-electron chi connectivity index (χ0n) is 7.76. The fourth-order valence-electron chi connectivity index (χ4n) is 0.998. The molecule has 0 aromatic heterocycles. The van der Waals surface area contributed by atoms with Crippen molar-refractivity contribution in [3.05, 3.63) is 28.8 Å². The predicted octanol–water partition coefficient (Wildman–Crippen LogP) is 2.94. The molecule has 0 aliphatic heterocycles. The van der Waals surface area contributed by atoms with E-state index < -0.39 is 0 Å². The SMILES string of the molecule is N#Cc1cc(NC(=O)CCBr)ccc1Cl. The third-order valence-electron chi connectivity index (χ3n) is 1.69. The van der Waals surface area contributed by atoms with Crippen molar-refractivity contribution < 1.29 is 4.79 Å². The summed E-state index contributed by atoms with van der Waals surface area (Å²) >= 11 is 8.92. The van der Waals surface area contributed by atoms with E-state index in [4.69, 9.17) is 16.9 Å². The highest BCUT2D eigenvalue weighted by molar-refractivity contribution is 9.09. The number of alkyl halides is 1. The minimum atomic E-state index is -0.0990. The van der Waals surface area contributed by atoms with Crippen molar-refractivity contribution >= 4 is 39.1 Å². The van der Waals surface area contributed by atoms with Gasteiger partial charge >= 0.3 is 0 Å². The van der Waals surface area contributed by atoms with E-state index in [9.17, 15) is 4.79 Å². The molecular weight excluding hydrogens is 279 g/mol. The molecule has 1 aromatic rings. The van der Waals surface area contributed by atoms with Crippen LogP contribution in [0.25, 0.3) is 0 Å². The minimum Gasteiger partial charge on any atom is -0.326 e. The lowest BCUT2D eigenvalue weighted by Gasteiger charge is -2.04. The Morgan fingerprint density at radius 3 is 2.93 bits per heavy atom. The zero-order valence-corrected chi connectivity index (χ0v) is 10.1. The van der Waals surface area contributed by atoms with Gasteiger partial charge in [-0.2, -0.15) is 5.26 Å². The van der Waals surface area contributed by atoms with Gasteiger partial charge in [-0.05, 0) is 18.2 Å². The van der Waals surface area contributed by atoms with E-state index >= 15 is 0 Å². The maximum atomic E-state index is 11.2. The van der Waals surface area contributed by atoms with E-state index in [1.807, 2.05) is 6.07 Å². The molecule has 0 saturated carbocycles. The highest BCUT2D eigenvalue weighted by atomic mass is 79.9. The van der Waals surface area contributed by atoms with Gasteiger partial charge in [0.25, 0.3) is 0 Å². The van der Waals surface area contributed by atoms with Crippen molar-refractivity contribution in [2.75, 3.05) is 10.6 Å². The van der Waals surface area contributed by atoms with Crippen molar-refractivity contribution in [2.24, 2.45) is 0 Å². The Balaban J connectivity index is 2.80. The molecule has 0 spiro atoms. The van der Waals surface area contributed by atoms with Gasteiger partial charge in [0, 0.05) is 17.4 Å². The van der Waals surface area contributed by atoms with E-state index in [1.165, 1.54) is 0 Å². The fourth-order valence-corrected chi connectivity index (χ4v) is 1.52. The summed E-state index contributed by atoms with van der Waals surface area (Å²) in [6.07, 6.45) is 0.393. The highest BCUT2D eigenvalue weighted by Gasteiger charge is 2.04. The van der Waals surface area contributed by atoms with Gasteiger partial charge < -0.3 is 5.32 Å². The molecule has 0 aliphatic rings. The monoisotopic (exact) mass is 286 g/mol. The average molecular weight is 288 g/mol. The first-order valence-electron chi connectivity index (χ1n) is 4.23. The van der Waals surface area contributed by atoms with Crippen LogP contribution in [0.5, 0.6) is 0 Å². The van der Waals surface area contributed by atoms with E-state index in [-0.39, 0.29) is 5.91 Å². The van der Waals surface area contributed by atoms with Gasteiger partial charge in [0.15, 0.2) is 0 Å². The quantitative estimate of drug-likeness (QED) is 0.869. The van der Waals surface area contributed by atoms with Crippen molar-refractivity contribution in [2.45, 2.75) is 6.42 Å². The summed E-state index contributed by atoms with van der Waals surface area (Å²) in [6.45, 7) is 0.